The molecule has 1 N–H and O–H groups in total. The Balaban J connectivity index is 1.68. The second kappa shape index (κ2) is 7.61. The van der Waals surface area contributed by atoms with E-state index in [1.807, 2.05) is 26.1 Å². The molecule has 0 aliphatic heterocycles. The summed E-state index contributed by atoms with van der Waals surface area (Å²) in [5.74, 6) is 0.595. The fraction of sp³-hybridized carbons (Fsp3) is 0.211. The van der Waals surface area contributed by atoms with Crippen LogP contribution in [0.3, 0.4) is 0 Å². The number of benzene rings is 2. The summed E-state index contributed by atoms with van der Waals surface area (Å²) >= 11 is 0. The van der Waals surface area contributed by atoms with Gasteiger partial charge in [0.1, 0.15) is 12.4 Å². The van der Waals surface area contributed by atoms with Crippen LogP contribution in [0.25, 0.3) is 0 Å². The van der Waals surface area contributed by atoms with Crippen molar-refractivity contribution in [3.8, 4) is 5.75 Å². The fourth-order valence-electron chi connectivity index (χ4n) is 2.43. The van der Waals surface area contributed by atoms with E-state index in [9.17, 15) is 8.42 Å². The number of nitrogens with one attached hydrogen (secondary N) is 1. The first kappa shape index (κ1) is 18.0. The summed E-state index contributed by atoms with van der Waals surface area (Å²) in [5.41, 5.74) is 2.44. The van der Waals surface area contributed by atoms with Crippen molar-refractivity contribution in [2.75, 3.05) is 11.3 Å². The molecule has 0 spiro atoms. The molecule has 0 saturated carbocycles. The average Bonchev–Trinajstić information content (AvgIpc) is 3.10. The lowest BCUT2D eigenvalue weighted by molar-refractivity contribution is 0.291. The molecule has 1 aromatic heterocycles. The molecule has 0 fully saturated rings. The molecule has 3 aromatic rings. The summed E-state index contributed by atoms with van der Waals surface area (Å²) < 4.78 is 35.2. The Bertz CT molecular complexity index is 983. The number of nitrogens with zero attached hydrogens (tertiary/aromatic N) is 2. The number of sulfonamides is 1. The van der Waals surface area contributed by atoms with Gasteiger partial charge in [-0.05, 0) is 55.3 Å². The van der Waals surface area contributed by atoms with Gasteiger partial charge in [0.05, 0.1) is 17.1 Å². The first-order valence-electron chi connectivity index (χ1n) is 8.24. The Kier molecular flexibility index (Phi) is 5.27. The van der Waals surface area contributed by atoms with Crippen LogP contribution < -0.4 is 9.46 Å². The second-order valence-electron chi connectivity index (χ2n) is 6.00. The molecule has 7 heteroatoms. The van der Waals surface area contributed by atoms with Crippen LogP contribution in [0.2, 0.25) is 0 Å². The lowest BCUT2D eigenvalue weighted by Gasteiger charge is -2.11. The van der Waals surface area contributed by atoms with Crippen molar-refractivity contribution < 1.29 is 13.2 Å². The van der Waals surface area contributed by atoms with E-state index in [-0.39, 0.29) is 4.90 Å². The Morgan fingerprint density at radius 2 is 1.92 bits per heavy atom. The van der Waals surface area contributed by atoms with Gasteiger partial charge in [-0.3, -0.25) is 9.40 Å². The van der Waals surface area contributed by atoms with E-state index in [1.54, 1.807) is 53.3 Å². The molecule has 0 unspecified atom stereocenters. The van der Waals surface area contributed by atoms with E-state index in [0.29, 0.717) is 24.6 Å². The predicted octanol–water partition coefficient (Wildman–Crippen LogP) is 3.38. The van der Waals surface area contributed by atoms with Gasteiger partial charge in [0.25, 0.3) is 10.0 Å². The van der Waals surface area contributed by atoms with Crippen molar-refractivity contribution in [2.24, 2.45) is 0 Å². The molecule has 0 saturated heterocycles. The van der Waals surface area contributed by atoms with Crippen LogP contribution in [0.4, 0.5) is 5.69 Å². The normalized spacial score (nSPS) is 11.3. The van der Waals surface area contributed by atoms with E-state index in [0.717, 1.165) is 11.1 Å². The van der Waals surface area contributed by atoms with Crippen LogP contribution in [0.5, 0.6) is 5.75 Å². The summed E-state index contributed by atoms with van der Waals surface area (Å²) in [5, 5.41) is 4.11. The first-order chi connectivity index (χ1) is 12.4. The molecule has 3 rings (SSSR count). The topological polar surface area (TPSA) is 73.2 Å². The summed E-state index contributed by atoms with van der Waals surface area (Å²) in [6, 6.07) is 13.8. The number of rotatable bonds is 7. The highest BCUT2D eigenvalue weighted by molar-refractivity contribution is 7.92. The molecular weight excluding hydrogens is 350 g/mol. The van der Waals surface area contributed by atoms with E-state index >= 15 is 0 Å². The van der Waals surface area contributed by atoms with Crippen molar-refractivity contribution in [3.63, 3.8) is 0 Å². The Labute approximate surface area is 153 Å². The molecule has 0 aliphatic rings. The smallest absolute Gasteiger partial charge is 0.261 e. The first-order valence-corrected chi connectivity index (χ1v) is 9.73. The van der Waals surface area contributed by atoms with Gasteiger partial charge in [0.2, 0.25) is 0 Å². The number of ether oxygens (including phenoxy) is 1. The van der Waals surface area contributed by atoms with E-state index in [1.165, 1.54) is 0 Å². The number of anilines is 1. The molecule has 26 heavy (non-hydrogen) atoms. The van der Waals surface area contributed by atoms with E-state index in [4.69, 9.17) is 4.74 Å². The molecular formula is C19H21N3O3S. The van der Waals surface area contributed by atoms with Crippen LogP contribution in [0.15, 0.2) is 65.8 Å². The third-order valence-electron chi connectivity index (χ3n) is 4.02. The Morgan fingerprint density at radius 1 is 1.08 bits per heavy atom. The van der Waals surface area contributed by atoms with Crippen molar-refractivity contribution in [1.29, 1.82) is 0 Å². The SMILES string of the molecule is Cc1ccc(S(=O)(=O)Nc2cccc(OCCn3cccn3)c2)cc1C. The molecule has 0 aliphatic carbocycles. The number of hydrogen-bond donors (Lipinski definition) is 1. The predicted molar refractivity (Wildman–Crippen MR) is 101 cm³/mol. The van der Waals surface area contributed by atoms with Crippen LogP contribution in [-0.2, 0) is 16.6 Å². The van der Waals surface area contributed by atoms with Crippen LogP contribution >= 0.6 is 0 Å². The van der Waals surface area contributed by atoms with Gasteiger partial charge in [-0.25, -0.2) is 8.42 Å². The molecule has 6 nitrogen and oxygen atoms in total. The quantitative estimate of drug-likeness (QED) is 0.691. The molecule has 1 heterocycles. The van der Waals surface area contributed by atoms with Crippen LogP contribution in [0, 0.1) is 13.8 Å². The van der Waals surface area contributed by atoms with E-state index in [2.05, 4.69) is 9.82 Å². The van der Waals surface area contributed by atoms with Crippen LogP contribution in [0.1, 0.15) is 11.1 Å². The lowest BCUT2D eigenvalue weighted by atomic mass is 10.1. The summed E-state index contributed by atoms with van der Waals surface area (Å²) in [6.07, 6.45) is 3.57. The third kappa shape index (κ3) is 4.43. The maximum Gasteiger partial charge on any atom is 0.261 e. The van der Waals surface area contributed by atoms with Gasteiger partial charge in [0, 0.05) is 18.5 Å². The molecule has 136 valence electrons. The van der Waals surface area contributed by atoms with E-state index < -0.39 is 10.0 Å². The summed E-state index contributed by atoms with van der Waals surface area (Å²) in [4.78, 5) is 0.241. The zero-order valence-corrected chi connectivity index (χ0v) is 15.5. The zero-order valence-electron chi connectivity index (χ0n) is 14.7. The zero-order chi connectivity index (χ0) is 18.6. The van der Waals surface area contributed by atoms with Gasteiger partial charge >= 0.3 is 0 Å². The number of aryl methyl sites for hydroxylation is 2. The summed E-state index contributed by atoms with van der Waals surface area (Å²) in [6.45, 7) is 4.90. The minimum atomic E-state index is -3.64. The standard InChI is InChI=1S/C19H21N3O3S/c1-15-7-8-19(13-16(15)2)26(23,24)21-17-5-3-6-18(14-17)25-12-11-22-10-4-9-20-22/h3-10,13-14,21H,11-12H2,1-2H3. The largest absolute Gasteiger partial charge is 0.492 e. The second-order valence-corrected chi connectivity index (χ2v) is 7.68. The highest BCUT2D eigenvalue weighted by Gasteiger charge is 2.15. The maximum atomic E-state index is 12.6. The molecule has 0 amide bonds. The minimum absolute atomic E-state index is 0.241. The Hall–Kier alpha value is -2.80. The highest BCUT2D eigenvalue weighted by Crippen LogP contribution is 2.22. The molecule has 0 bridgehead atoms. The van der Waals surface area contributed by atoms with Crippen molar-refractivity contribution in [1.82, 2.24) is 9.78 Å². The van der Waals surface area contributed by atoms with Crippen molar-refractivity contribution >= 4 is 15.7 Å². The maximum absolute atomic E-state index is 12.6. The highest BCUT2D eigenvalue weighted by atomic mass is 32.2. The minimum Gasteiger partial charge on any atom is -0.492 e. The molecule has 0 atom stereocenters. The number of aromatic nitrogens is 2. The lowest BCUT2D eigenvalue weighted by Crippen LogP contribution is -2.13. The Morgan fingerprint density at radius 3 is 2.65 bits per heavy atom. The number of hydrogen-bond acceptors (Lipinski definition) is 4. The summed E-state index contributed by atoms with van der Waals surface area (Å²) in [7, 11) is -3.64. The van der Waals surface area contributed by atoms with Crippen molar-refractivity contribution in [2.45, 2.75) is 25.3 Å². The monoisotopic (exact) mass is 371 g/mol. The molecule has 0 radical (unpaired) electrons. The third-order valence-corrected chi connectivity index (χ3v) is 5.40. The van der Waals surface area contributed by atoms with Crippen LogP contribution in [-0.4, -0.2) is 24.8 Å². The molecule has 2 aromatic carbocycles. The van der Waals surface area contributed by atoms with Crippen molar-refractivity contribution in [3.05, 3.63) is 72.1 Å². The van der Waals surface area contributed by atoms with Gasteiger partial charge in [-0.1, -0.05) is 12.1 Å². The van der Waals surface area contributed by atoms with Gasteiger partial charge < -0.3 is 4.74 Å². The van der Waals surface area contributed by atoms with Gasteiger partial charge in [-0.2, -0.15) is 5.10 Å². The fourth-order valence-corrected chi connectivity index (χ4v) is 3.57. The van der Waals surface area contributed by atoms with Gasteiger partial charge in [0.15, 0.2) is 0 Å². The van der Waals surface area contributed by atoms with Gasteiger partial charge in [-0.15, -0.1) is 0 Å². The average molecular weight is 371 g/mol.